The Hall–Kier alpha value is -2.83. The predicted molar refractivity (Wildman–Crippen MR) is 97.0 cm³/mol. The van der Waals surface area contributed by atoms with Crippen LogP contribution in [0.3, 0.4) is 0 Å². The minimum Gasteiger partial charge on any atom is -0.332 e. The minimum atomic E-state index is -1.67. The summed E-state index contributed by atoms with van der Waals surface area (Å²) in [5.41, 5.74) is 1.06. The standard InChI is InChI=1S/C20H21F3N2O2/c1-3-4-5-13-6-8-14(9-7-13)20(27)25(2)12-17(26)24-16-11-10-15(21)18(22)19(16)23/h6-11H,3-5,12H2,1-2H3,(H,24,26). The summed E-state index contributed by atoms with van der Waals surface area (Å²) in [5, 5.41) is 2.13. The Morgan fingerprint density at radius 3 is 2.30 bits per heavy atom. The van der Waals surface area contributed by atoms with Crippen LogP contribution in [-0.2, 0) is 11.2 Å². The zero-order chi connectivity index (χ0) is 20.0. The molecule has 0 aliphatic rings. The molecule has 0 aliphatic carbocycles. The first-order valence-electron chi connectivity index (χ1n) is 8.61. The molecule has 0 atom stereocenters. The molecule has 2 aromatic rings. The summed E-state index contributed by atoms with van der Waals surface area (Å²) in [6.45, 7) is 1.74. The van der Waals surface area contributed by atoms with Gasteiger partial charge in [-0.2, -0.15) is 0 Å². The Bertz CT molecular complexity index is 823. The number of amides is 2. The number of unbranched alkanes of at least 4 members (excludes halogenated alkanes) is 1. The molecular weight excluding hydrogens is 357 g/mol. The van der Waals surface area contributed by atoms with Crippen molar-refractivity contribution in [2.75, 3.05) is 18.9 Å². The van der Waals surface area contributed by atoms with Gasteiger partial charge in [0.2, 0.25) is 5.91 Å². The molecule has 0 saturated carbocycles. The van der Waals surface area contributed by atoms with Crippen molar-refractivity contribution >= 4 is 17.5 Å². The van der Waals surface area contributed by atoms with E-state index < -0.39 is 29.0 Å². The predicted octanol–water partition coefficient (Wildman–Crippen LogP) is 4.16. The molecule has 2 rings (SSSR count). The third-order valence-corrected chi connectivity index (χ3v) is 4.06. The summed E-state index contributed by atoms with van der Waals surface area (Å²) in [6.07, 6.45) is 3.08. The first-order chi connectivity index (χ1) is 12.8. The van der Waals surface area contributed by atoms with E-state index in [1.165, 1.54) is 7.05 Å². The number of hydrogen-bond acceptors (Lipinski definition) is 2. The molecule has 0 aliphatic heterocycles. The summed E-state index contributed by atoms with van der Waals surface area (Å²) >= 11 is 0. The van der Waals surface area contributed by atoms with Crippen molar-refractivity contribution in [2.24, 2.45) is 0 Å². The molecule has 4 nitrogen and oxygen atoms in total. The summed E-state index contributed by atoms with van der Waals surface area (Å²) < 4.78 is 39.7. The second-order valence-electron chi connectivity index (χ2n) is 6.23. The van der Waals surface area contributed by atoms with E-state index in [0.29, 0.717) is 11.6 Å². The first kappa shape index (κ1) is 20.5. The highest BCUT2D eigenvalue weighted by molar-refractivity contribution is 5.99. The van der Waals surface area contributed by atoms with Crippen molar-refractivity contribution in [3.8, 4) is 0 Å². The zero-order valence-electron chi connectivity index (χ0n) is 15.2. The lowest BCUT2D eigenvalue weighted by molar-refractivity contribution is -0.116. The molecule has 0 aromatic heterocycles. The molecule has 0 heterocycles. The Labute approximate surface area is 156 Å². The number of benzene rings is 2. The average Bonchev–Trinajstić information content (AvgIpc) is 2.66. The number of carbonyl (C=O) groups is 2. The van der Waals surface area contributed by atoms with Gasteiger partial charge in [0, 0.05) is 12.6 Å². The monoisotopic (exact) mass is 378 g/mol. The molecular formula is C20H21F3N2O2. The van der Waals surface area contributed by atoms with Gasteiger partial charge in [0.25, 0.3) is 5.91 Å². The van der Waals surface area contributed by atoms with E-state index in [1.54, 1.807) is 12.1 Å². The highest BCUT2D eigenvalue weighted by Crippen LogP contribution is 2.19. The summed E-state index contributed by atoms with van der Waals surface area (Å²) in [5.74, 6) is -5.60. The Morgan fingerprint density at radius 2 is 1.67 bits per heavy atom. The van der Waals surface area contributed by atoms with E-state index in [9.17, 15) is 22.8 Å². The average molecular weight is 378 g/mol. The highest BCUT2D eigenvalue weighted by Gasteiger charge is 2.18. The van der Waals surface area contributed by atoms with Crippen LogP contribution < -0.4 is 5.32 Å². The van der Waals surface area contributed by atoms with Crippen LogP contribution in [-0.4, -0.2) is 30.3 Å². The molecule has 0 bridgehead atoms. The molecule has 144 valence electrons. The zero-order valence-corrected chi connectivity index (χ0v) is 15.2. The maximum absolute atomic E-state index is 13.6. The van der Waals surface area contributed by atoms with E-state index in [-0.39, 0.29) is 12.5 Å². The molecule has 0 spiro atoms. The molecule has 0 unspecified atom stereocenters. The van der Waals surface area contributed by atoms with Crippen molar-refractivity contribution in [3.63, 3.8) is 0 Å². The molecule has 0 radical (unpaired) electrons. The number of hydrogen-bond donors (Lipinski definition) is 1. The first-order valence-corrected chi connectivity index (χ1v) is 8.61. The molecule has 2 amide bonds. The second kappa shape index (κ2) is 9.21. The fraction of sp³-hybridized carbons (Fsp3) is 0.300. The number of anilines is 1. The number of rotatable bonds is 7. The van der Waals surface area contributed by atoms with Crippen molar-refractivity contribution in [1.29, 1.82) is 0 Å². The van der Waals surface area contributed by atoms with Crippen LogP contribution in [0, 0.1) is 17.5 Å². The molecule has 2 aromatic carbocycles. The normalized spacial score (nSPS) is 10.6. The number of halogens is 3. The van der Waals surface area contributed by atoms with E-state index >= 15 is 0 Å². The van der Waals surface area contributed by atoms with Gasteiger partial charge in [-0.05, 0) is 42.7 Å². The maximum Gasteiger partial charge on any atom is 0.254 e. The third kappa shape index (κ3) is 5.32. The van der Waals surface area contributed by atoms with Crippen LogP contribution in [0.2, 0.25) is 0 Å². The molecule has 7 heteroatoms. The molecule has 27 heavy (non-hydrogen) atoms. The van der Waals surface area contributed by atoms with Crippen LogP contribution >= 0.6 is 0 Å². The van der Waals surface area contributed by atoms with Gasteiger partial charge >= 0.3 is 0 Å². The number of nitrogens with one attached hydrogen (secondary N) is 1. The van der Waals surface area contributed by atoms with Crippen LogP contribution in [0.15, 0.2) is 36.4 Å². The van der Waals surface area contributed by atoms with E-state index in [2.05, 4.69) is 12.2 Å². The highest BCUT2D eigenvalue weighted by atomic mass is 19.2. The molecule has 1 N–H and O–H groups in total. The smallest absolute Gasteiger partial charge is 0.254 e. The lowest BCUT2D eigenvalue weighted by Gasteiger charge is -2.17. The van der Waals surface area contributed by atoms with Crippen molar-refractivity contribution in [1.82, 2.24) is 4.90 Å². The fourth-order valence-corrected chi connectivity index (χ4v) is 2.51. The largest absolute Gasteiger partial charge is 0.332 e. The Morgan fingerprint density at radius 1 is 1.00 bits per heavy atom. The molecule has 0 saturated heterocycles. The Kier molecular flexibility index (Phi) is 6.98. The van der Waals surface area contributed by atoms with Crippen molar-refractivity contribution < 1.29 is 22.8 Å². The SMILES string of the molecule is CCCCc1ccc(C(=O)N(C)CC(=O)Nc2ccc(F)c(F)c2F)cc1. The number of carbonyl (C=O) groups excluding carboxylic acids is 2. The van der Waals surface area contributed by atoms with Gasteiger partial charge in [-0.3, -0.25) is 9.59 Å². The van der Waals surface area contributed by atoms with Gasteiger partial charge in [-0.15, -0.1) is 0 Å². The summed E-state index contributed by atoms with van der Waals surface area (Å²) in [6, 6.07) is 8.75. The Balaban J connectivity index is 1.97. The topological polar surface area (TPSA) is 49.4 Å². The summed E-state index contributed by atoms with van der Waals surface area (Å²) in [4.78, 5) is 25.5. The number of aryl methyl sites for hydroxylation is 1. The van der Waals surface area contributed by atoms with Gasteiger partial charge in [0.15, 0.2) is 17.5 Å². The van der Waals surface area contributed by atoms with Crippen molar-refractivity contribution in [2.45, 2.75) is 26.2 Å². The van der Waals surface area contributed by atoms with Crippen LogP contribution in [0.1, 0.15) is 35.7 Å². The lowest BCUT2D eigenvalue weighted by atomic mass is 10.1. The van der Waals surface area contributed by atoms with Crippen molar-refractivity contribution in [3.05, 3.63) is 65.0 Å². The lowest BCUT2D eigenvalue weighted by Crippen LogP contribution is -2.35. The maximum atomic E-state index is 13.6. The number of likely N-dealkylation sites (N-methyl/N-ethyl adjacent to an activating group) is 1. The van der Waals surface area contributed by atoms with Gasteiger partial charge in [0.1, 0.15) is 0 Å². The van der Waals surface area contributed by atoms with Gasteiger partial charge in [-0.1, -0.05) is 25.5 Å². The third-order valence-electron chi connectivity index (χ3n) is 4.06. The molecule has 0 fully saturated rings. The van der Waals surface area contributed by atoms with E-state index in [1.807, 2.05) is 12.1 Å². The van der Waals surface area contributed by atoms with Crippen LogP contribution in [0.25, 0.3) is 0 Å². The van der Waals surface area contributed by atoms with Gasteiger partial charge < -0.3 is 10.2 Å². The van der Waals surface area contributed by atoms with Crippen LogP contribution in [0.4, 0.5) is 18.9 Å². The van der Waals surface area contributed by atoms with E-state index in [4.69, 9.17) is 0 Å². The fourth-order valence-electron chi connectivity index (χ4n) is 2.51. The quantitative estimate of drug-likeness (QED) is 0.736. The number of nitrogens with zero attached hydrogens (tertiary/aromatic N) is 1. The van der Waals surface area contributed by atoms with Gasteiger partial charge in [0.05, 0.1) is 12.2 Å². The summed E-state index contributed by atoms with van der Waals surface area (Å²) in [7, 11) is 1.43. The minimum absolute atomic E-state index is 0.366. The van der Waals surface area contributed by atoms with Crippen LogP contribution in [0.5, 0.6) is 0 Å². The second-order valence-corrected chi connectivity index (χ2v) is 6.23. The van der Waals surface area contributed by atoms with Gasteiger partial charge in [-0.25, -0.2) is 13.2 Å². The van der Waals surface area contributed by atoms with E-state index in [0.717, 1.165) is 35.8 Å².